The third-order valence-electron chi connectivity index (χ3n) is 4.12. The largest absolute Gasteiger partial charge is 0.507 e. The van der Waals surface area contributed by atoms with Crippen LogP contribution in [0.2, 0.25) is 0 Å². The number of aromatic hydroxyl groups is 1. The Kier molecular flexibility index (Phi) is 5.17. The van der Waals surface area contributed by atoms with Gasteiger partial charge in [-0.3, -0.25) is 20.2 Å². The number of hydrogen-bond donors (Lipinski definition) is 1. The van der Waals surface area contributed by atoms with E-state index < -0.39 is 32.8 Å². The highest BCUT2D eigenvalue weighted by atomic mass is 16.7. The summed E-state index contributed by atoms with van der Waals surface area (Å²) in [7, 11) is 0. The van der Waals surface area contributed by atoms with E-state index in [1.165, 1.54) is 6.92 Å². The van der Waals surface area contributed by atoms with Gasteiger partial charge in [-0.25, -0.2) is 4.79 Å². The molecule has 10 nitrogen and oxygen atoms in total. The van der Waals surface area contributed by atoms with Crippen molar-refractivity contribution in [2.75, 3.05) is 0 Å². The van der Waals surface area contributed by atoms with Crippen LogP contribution >= 0.6 is 0 Å². The molecule has 3 aromatic rings. The molecule has 0 aliphatic heterocycles. The first-order chi connectivity index (χ1) is 13.8. The van der Waals surface area contributed by atoms with E-state index in [9.17, 15) is 30.1 Å². The number of hydrogen-bond acceptors (Lipinski definition) is 8. The maximum atomic E-state index is 12.2. The number of carbonyl (C=O) groups excluding carboxylic acids is 1. The normalized spacial score (nSPS) is 11.3. The fourth-order valence-electron chi connectivity index (χ4n) is 2.68. The summed E-state index contributed by atoms with van der Waals surface area (Å²) in [6, 6.07) is 12.9. The van der Waals surface area contributed by atoms with E-state index in [1.807, 2.05) is 12.1 Å². The molecule has 10 heteroatoms. The van der Waals surface area contributed by atoms with E-state index in [4.69, 9.17) is 4.84 Å². The topological polar surface area (TPSA) is 145 Å². The van der Waals surface area contributed by atoms with E-state index >= 15 is 0 Å². The van der Waals surface area contributed by atoms with Gasteiger partial charge in [-0.2, -0.15) is 0 Å². The van der Waals surface area contributed by atoms with E-state index in [2.05, 4.69) is 5.16 Å². The van der Waals surface area contributed by atoms with Gasteiger partial charge in [0.1, 0.15) is 5.75 Å². The Morgan fingerprint density at radius 2 is 1.62 bits per heavy atom. The predicted molar refractivity (Wildman–Crippen MR) is 103 cm³/mol. The van der Waals surface area contributed by atoms with Crippen LogP contribution in [0.1, 0.15) is 22.8 Å². The molecule has 0 aromatic heterocycles. The molecule has 0 saturated heterocycles. The Balaban J connectivity index is 1.90. The highest BCUT2D eigenvalue weighted by Crippen LogP contribution is 2.29. The summed E-state index contributed by atoms with van der Waals surface area (Å²) in [5, 5.41) is 37.3. The first kappa shape index (κ1) is 19.4. The Labute approximate surface area is 162 Å². The number of phenolic OH excluding ortho intramolecular Hbond substituents is 1. The van der Waals surface area contributed by atoms with Gasteiger partial charge >= 0.3 is 5.97 Å². The molecule has 0 unspecified atom stereocenters. The average molecular weight is 395 g/mol. The second-order valence-electron chi connectivity index (χ2n) is 5.99. The van der Waals surface area contributed by atoms with Crippen molar-refractivity contribution in [3.8, 4) is 5.75 Å². The maximum Gasteiger partial charge on any atom is 0.366 e. The molecule has 0 radical (unpaired) electrons. The first-order valence-corrected chi connectivity index (χ1v) is 8.19. The van der Waals surface area contributed by atoms with Crippen molar-refractivity contribution in [3.63, 3.8) is 0 Å². The van der Waals surface area contributed by atoms with Crippen molar-refractivity contribution < 1.29 is 24.6 Å². The minimum atomic E-state index is -1.11. The summed E-state index contributed by atoms with van der Waals surface area (Å²) in [6.45, 7) is 1.49. The van der Waals surface area contributed by atoms with Crippen LogP contribution in [0, 0.1) is 20.2 Å². The SMILES string of the molecule is C/C(=N\OC(=O)c1cc([N+](=O)[O-])cc([N+](=O)[O-])c1)c1ccc2ccccc2c1O. The van der Waals surface area contributed by atoms with Crippen LogP contribution in [0.5, 0.6) is 5.75 Å². The van der Waals surface area contributed by atoms with Crippen molar-refractivity contribution in [1.82, 2.24) is 0 Å². The summed E-state index contributed by atoms with van der Waals surface area (Å²) >= 11 is 0. The van der Waals surface area contributed by atoms with E-state index in [0.717, 1.165) is 23.6 Å². The van der Waals surface area contributed by atoms with Gasteiger partial charge in [0.2, 0.25) is 0 Å². The van der Waals surface area contributed by atoms with Crippen molar-refractivity contribution in [3.05, 3.63) is 86.0 Å². The molecular formula is C19H13N3O7. The van der Waals surface area contributed by atoms with E-state index in [-0.39, 0.29) is 11.5 Å². The van der Waals surface area contributed by atoms with Crippen molar-refractivity contribution in [1.29, 1.82) is 0 Å². The zero-order valence-electron chi connectivity index (χ0n) is 14.9. The predicted octanol–water partition coefficient (Wildman–Crippen LogP) is 3.94. The number of fused-ring (bicyclic) bond motifs is 1. The minimum Gasteiger partial charge on any atom is -0.507 e. The summed E-state index contributed by atoms with van der Waals surface area (Å²) in [6.07, 6.45) is 0. The molecule has 0 atom stereocenters. The smallest absolute Gasteiger partial charge is 0.366 e. The number of rotatable bonds is 5. The zero-order valence-corrected chi connectivity index (χ0v) is 14.9. The number of phenols is 1. The standard InChI is InChI=1S/C19H13N3O7/c1-11(16-7-6-12-4-2-3-5-17(12)18(16)23)20-29-19(24)13-8-14(21(25)26)10-15(9-13)22(27)28/h2-10,23H,1H3/b20-11+. The summed E-state index contributed by atoms with van der Waals surface area (Å²) in [5.74, 6) is -1.16. The van der Waals surface area contributed by atoms with E-state index in [0.29, 0.717) is 10.9 Å². The Hall–Kier alpha value is -4.34. The molecular weight excluding hydrogens is 382 g/mol. The minimum absolute atomic E-state index is 0.0496. The zero-order chi connectivity index (χ0) is 21.1. The van der Waals surface area contributed by atoms with Crippen LogP contribution in [0.25, 0.3) is 10.8 Å². The van der Waals surface area contributed by atoms with Crippen LogP contribution < -0.4 is 0 Å². The van der Waals surface area contributed by atoms with Gasteiger partial charge in [0.15, 0.2) is 0 Å². The van der Waals surface area contributed by atoms with Gasteiger partial charge in [0.25, 0.3) is 11.4 Å². The molecule has 0 aliphatic rings. The third kappa shape index (κ3) is 4.00. The lowest BCUT2D eigenvalue weighted by Gasteiger charge is -2.07. The molecule has 0 heterocycles. The summed E-state index contributed by atoms with van der Waals surface area (Å²) in [5.41, 5.74) is -1.16. The number of non-ortho nitro benzene ring substituents is 2. The number of nitro groups is 2. The Bertz CT molecular complexity index is 1160. The Morgan fingerprint density at radius 1 is 1.00 bits per heavy atom. The Morgan fingerprint density at radius 3 is 2.24 bits per heavy atom. The molecule has 0 bridgehead atoms. The molecule has 1 N–H and O–H groups in total. The molecule has 29 heavy (non-hydrogen) atoms. The van der Waals surface area contributed by atoms with Gasteiger partial charge in [0.05, 0.1) is 27.2 Å². The van der Waals surface area contributed by atoms with Gasteiger partial charge in [-0.05, 0) is 18.4 Å². The van der Waals surface area contributed by atoms with Crippen LogP contribution in [-0.2, 0) is 4.84 Å². The second-order valence-corrected chi connectivity index (χ2v) is 5.99. The first-order valence-electron chi connectivity index (χ1n) is 8.19. The number of carbonyl (C=O) groups is 1. The van der Waals surface area contributed by atoms with Crippen molar-refractivity contribution in [2.24, 2.45) is 5.16 Å². The number of benzene rings is 3. The monoisotopic (exact) mass is 395 g/mol. The highest BCUT2D eigenvalue weighted by molar-refractivity contribution is 6.06. The lowest BCUT2D eigenvalue weighted by atomic mass is 10.0. The molecule has 0 fully saturated rings. The maximum absolute atomic E-state index is 12.2. The fourth-order valence-corrected chi connectivity index (χ4v) is 2.68. The summed E-state index contributed by atoms with van der Waals surface area (Å²) < 4.78 is 0. The van der Waals surface area contributed by atoms with Gasteiger partial charge in [-0.1, -0.05) is 35.5 Å². The molecule has 3 rings (SSSR count). The highest BCUT2D eigenvalue weighted by Gasteiger charge is 2.21. The van der Waals surface area contributed by atoms with Gasteiger partial charge in [-0.15, -0.1) is 0 Å². The van der Waals surface area contributed by atoms with Crippen LogP contribution in [0.3, 0.4) is 0 Å². The van der Waals surface area contributed by atoms with Crippen LogP contribution in [-0.4, -0.2) is 26.6 Å². The molecule has 3 aromatic carbocycles. The lowest BCUT2D eigenvalue weighted by molar-refractivity contribution is -0.394. The molecule has 0 amide bonds. The third-order valence-corrected chi connectivity index (χ3v) is 4.12. The van der Waals surface area contributed by atoms with Crippen LogP contribution in [0.15, 0.2) is 59.8 Å². The molecule has 0 spiro atoms. The van der Waals surface area contributed by atoms with Crippen molar-refractivity contribution >= 4 is 33.8 Å². The quantitative estimate of drug-likeness (QED) is 0.298. The molecule has 0 aliphatic carbocycles. The second kappa shape index (κ2) is 7.72. The van der Waals surface area contributed by atoms with E-state index in [1.54, 1.807) is 24.3 Å². The molecule has 146 valence electrons. The number of nitro benzene ring substituents is 2. The van der Waals surface area contributed by atoms with Gasteiger partial charge in [0, 0.05) is 23.1 Å². The fraction of sp³-hybridized carbons (Fsp3) is 0.0526. The number of oxime groups is 1. The number of nitrogens with zero attached hydrogens (tertiary/aromatic N) is 3. The lowest BCUT2D eigenvalue weighted by Crippen LogP contribution is -2.06. The van der Waals surface area contributed by atoms with Gasteiger partial charge < -0.3 is 9.94 Å². The molecule has 0 saturated carbocycles. The van der Waals surface area contributed by atoms with Crippen LogP contribution in [0.4, 0.5) is 11.4 Å². The average Bonchev–Trinajstić information content (AvgIpc) is 2.71. The van der Waals surface area contributed by atoms with Crippen molar-refractivity contribution in [2.45, 2.75) is 6.92 Å². The summed E-state index contributed by atoms with van der Waals surface area (Å²) in [4.78, 5) is 37.1.